The van der Waals surface area contributed by atoms with Crippen molar-refractivity contribution in [1.82, 2.24) is 0 Å². The highest BCUT2D eigenvalue weighted by Crippen LogP contribution is 2.27. The van der Waals surface area contributed by atoms with Crippen LogP contribution in [0.4, 0.5) is 5.69 Å². The number of hydrogen-bond donors (Lipinski definition) is 1. The van der Waals surface area contributed by atoms with Crippen LogP contribution in [-0.2, 0) is 4.74 Å². The van der Waals surface area contributed by atoms with Gasteiger partial charge in [0, 0.05) is 28.5 Å². The van der Waals surface area contributed by atoms with Gasteiger partial charge in [-0.25, -0.2) is 4.79 Å². The number of ether oxygens (including phenoxy) is 1. The van der Waals surface area contributed by atoms with Gasteiger partial charge in [-0.3, -0.25) is 0 Å². The molecule has 0 aliphatic rings. The minimum absolute atomic E-state index is 0.175. The Hall–Kier alpha value is -1.68. The predicted molar refractivity (Wildman–Crippen MR) is 90.7 cm³/mol. The molecule has 0 aromatic heterocycles. The first-order valence-electron chi connectivity index (χ1n) is 6.19. The number of methoxy groups -OCH3 is 1. The lowest BCUT2D eigenvalue weighted by Crippen LogP contribution is -2.04. The lowest BCUT2D eigenvalue weighted by Gasteiger charge is -2.07. The highest BCUT2D eigenvalue weighted by atomic mass is 35.5. The van der Waals surface area contributed by atoms with Crippen molar-refractivity contribution < 1.29 is 9.53 Å². The van der Waals surface area contributed by atoms with E-state index in [1.54, 1.807) is 24.4 Å². The molecule has 0 fully saturated rings. The lowest BCUT2D eigenvalue weighted by molar-refractivity contribution is 0.0600. The van der Waals surface area contributed by atoms with Crippen molar-refractivity contribution in [1.29, 1.82) is 0 Å². The molecule has 2 rings (SSSR count). The van der Waals surface area contributed by atoms with Crippen LogP contribution in [0.1, 0.15) is 15.9 Å². The van der Waals surface area contributed by atoms with E-state index < -0.39 is 5.97 Å². The van der Waals surface area contributed by atoms with Crippen molar-refractivity contribution in [2.45, 2.75) is 0 Å². The molecule has 0 saturated heterocycles. The smallest absolute Gasteiger partial charge is 0.339 e. The number of benzene rings is 2. The number of carbonyl (C=O) groups excluding carboxylic acids is 1. The molecule has 0 spiro atoms. The van der Waals surface area contributed by atoms with Gasteiger partial charge in [-0.2, -0.15) is 0 Å². The van der Waals surface area contributed by atoms with Crippen LogP contribution in [0.15, 0.2) is 36.5 Å². The average molecular weight is 356 g/mol. The summed E-state index contributed by atoms with van der Waals surface area (Å²) in [6.45, 7) is 0. The van der Waals surface area contributed by atoms with Crippen molar-refractivity contribution in [3.05, 3.63) is 68.8 Å². The lowest BCUT2D eigenvalue weighted by atomic mass is 10.1. The van der Waals surface area contributed by atoms with Gasteiger partial charge in [0.05, 0.1) is 22.7 Å². The minimum Gasteiger partial charge on any atom is -0.465 e. The molecule has 0 saturated carbocycles. The Kier molecular flexibility index (Phi) is 5.72. The van der Waals surface area contributed by atoms with Crippen LogP contribution in [0.2, 0.25) is 15.1 Å². The second-order valence-electron chi connectivity index (χ2n) is 4.23. The van der Waals surface area contributed by atoms with Gasteiger partial charge in [-0.1, -0.05) is 34.8 Å². The van der Waals surface area contributed by atoms with Gasteiger partial charge in [-0.05, 0) is 36.4 Å². The van der Waals surface area contributed by atoms with Crippen LogP contribution < -0.4 is 5.32 Å². The quantitative estimate of drug-likeness (QED) is 0.755. The maximum atomic E-state index is 11.8. The number of halogens is 3. The van der Waals surface area contributed by atoms with E-state index >= 15 is 0 Å². The molecule has 0 bridgehead atoms. The average Bonchev–Trinajstić information content (AvgIpc) is 2.50. The Morgan fingerprint density at radius 2 is 1.91 bits per heavy atom. The van der Waals surface area contributed by atoms with Crippen LogP contribution in [-0.4, -0.2) is 13.1 Å². The Bertz CT molecular complexity index is 712. The molecule has 0 aliphatic heterocycles. The molecule has 2 aromatic rings. The highest BCUT2D eigenvalue weighted by molar-refractivity contribution is 6.36. The summed E-state index contributed by atoms with van der Waals surface area (Å²) in [6.07, 6.45) is 3.30. The summed E-state index contributed by atoms with van der Waals surface area (Å²) < 4.78 is 4.71. The maximum Gasteiger partial charge on any atom is 0.339 e. The summed E-state index contributed by atoms with van der Waals surface area (Å²) in [7, 11) is 1.28. The van der Waals surface area contributed by atoms with Gasteiger partial charge in [0.15, 0.2) is 0 Å². The number of anilines is 1. The zero-order valence-electron chi connectivity index (χ0n) is 11.5. The summed E-state index contributed by atoms with van der Waals surface area (Å²) in [5.74, 6) is -0.560. The van der Waals surface area contributed by atoms with Crippen molar-refractivity contribution in [2.24, 2.45) is 0 Å². The zero-order valence-corrected chi connectivity index (χ0v) is 13.8. The van der Waals surface area contributed by atoms with E-state index in [0.29, 0.717) is 15.6 Å². The Morgan fingerprint density at radius 1 is 1.23 bits per heavy atom. The minimum atomic E-state index is -0.560. The van der Waals surface area contributed by atoms with Gasteiger partial charge < -0.3 is 10.1 Å². The van der Waals surface area contributed by atoms with E-state index in [1.807, 2.05) is 12.1 Å². The number of hydrogen-bond acceptors (Lipinski definition) is 3. The third-order valence-corrected chi connectivity index (χ3v) is 3.53. The normalized spacial score (nSPS) is 10.7. The van der Waals surface area contributed by atoms with Crippen molar-refractivity contribution in [2.75, 3.05) is 12.4 Å². The fourth-order valence-corrected chi connectivity index (χ4v) is 2.38. The third kappa shape index (κ3) is 4.17. The SMILES string of the molecule is COC(=O)c1[c]c(Cl)cc(Cl)c1C=CNc1ccc(Cl)cc1. The molecule has 113 valence electrons. The van der Waals surface area contributed by atoms with E-state index in [9.17, 15) is 4.79 Å². The Labute approximate surface area is 143 Å². The van der Waals surface area contributed by atoms with E-state index in [4.69, 9.17) is 39.5 Å². The molecule has 0 unspecified atom stereocenters. The highest BCUT2D eigenvalue weighted by Gasteiger charge is 2.15. The molecule has 0 amide bonds. The van der Waals surface area contributed by atoms with Crippen molar-refractivity contribution in [3.63, 3.8) is 0 Å². The molecular formula is C16H11Cl3NO2. The van der Waals surface area contributed by atoms with E-state index in [0.717, 1.165) is 5.69 Å². The maximum absolute atomic E-state index is 11.8. The molecule has 3 nitrogen and oxygen atoms in total. The predicted octanol–water partition coefficient (Wildman–Crippen LogP) is 5.32. The first-order valence-corrected chi connectivity index (χ1v) is 7.33. The largest absolute Gasteiger partial charge is 0.465 e. The second-order valence-corrected chi connectivity index (χ2v) is 5.48. The molecular weight excluding hydrogens is 345 g/mol. The van der Waals surface area contributed by atoms with Gasteiger partial charge in [0.2, 0.25) is 0 Å². The summed E-state index contributed by atoms with van der Waals surface area (Å²) in [4.78, 5) is 11.8. The van der Waals surface area contributed by atoms with Gasteiger partial charge in [-0.15, -0.1) is 0 Å². The molecule has 0 heterocycles. The number of esters is 1. The Morgan fingerprint density at radius 3 is 2.55 bits per heavy atom. The van der Waals surface area contributed by atoms with Crippen LogP contribution in [0.5, 0.6) is 0 Å². The summed E-state index contributed by atoms with van der Waals surface area (Å²) >= 11 is 17.8. The molecule has 2 aromatic carbocycles. The first kappa shape index (κ1) is 16.7. The van der Waals surface area contributed by atoms with Crippen molar-refractivity contribution >= 4 is 52.5 Å². The molecule has 6 heteroatoms. The summed E-state index contributed by atoms with van der Waals surface area (Å²) in [6, 6.07) is 11.4. The van der Waals surface area contributed by atoms with Crippen LogP contribution in [0.25, 0.3) is 6.08 Å². The Balaban J connectivity index is 2.26. The fraction of sp³-hybridized carbons (Fsp3) is 0.0625. The standard InChI is InChI=1S/C16H11Cl3NO2/c1-22-16(21)14-8-11(18)9-15(19)13(14)6-7-20-12-4-2-10(17)3-5-12/h2-7,9,20H,1H3. The van der Waals surface area contributed by atoms with Gasteiger partial charge in [0.1, 0.15) is 0 Å². The van der Waals surface area contributed by atoms with E-state index in [1.165, 1.54) is 13.2 Å². The fourth-order valence-electron chi connectivity index (χ4n) is 1.72. The first-order chi connectivity index (χ1) is 10.5. The van der Waals surface area contributed by atoms with E-state index in [2.05, 4.69) is 11.4 Å². The number of rotatable bonds is 4. The van der Waals surface area contributed by atoms with E-state index in [-0.39, 0.29) is 10.6 Å². The second kappa shape index (κ2) is 7.54. The van der Waals surface area contributed by atoms with Crippen LogP contribution in [0.3, 0.4) is 0 Å². The van der Waals surface area contributed by atoms with Crippen LogP contribution in [0, 0.1) is 6.07 Å². The number of carbonyl (C=O) groups is 1. The summed E-state index contributed by atoms with van der Waals surface area (Å²) in [5, 5.41) is 4.28. The summed E-state index contributed by atoms with van der Waals surface area (Å²) in [5.41, 5.74) is 1.49. The third-order valence-electron chi connectivity index (χ3n) is 2.76. The topological polar surface area (TPSA) is 38.3 Å². The molecule has 0 atom stereocenters. The molecule has 0 aliphatic carbocycles. The van der Waals surface area contributed by atoms with Gasteiger partial charge in [0.25, 0.3) is 0 Å². The number of nitrogens with one attached hydrogen (secondary N) is 1. The monoisotopic (exact) mass is 354 g/mol. The van der Waals surface area contributed by atoms with Crippen molar-refractivity contribution in [3.8, 4) is 0 Å². The molecule has 1 N–H and O–H groups in total. The zero-order chi connectivity index (χ0) is 16.1. The molecule has 22 heavy (non-hydrogen) atoms. The van der Waals surface area contributed by atoms with Gasteiger partial charge >= 0.3 is 5.97 Å². The molecule has 1 radical (unpaired) electrons. The van der Waals surface area contributed by atoms with Crippen LogP contribution >= 0.6 is 34.8 Å².